The van der Waals surface area contributed by atoms with Gasteiger partial charge in [-0.15, -0.1) is 0 Å². The van der Waals surface area contributed by atoms with Crippen LogP contribution in [0.15, 0.2) is 0 Å². The average Bonchev–Trinajstić information content (AvgIpc) is 2.07. The van der Waals surface area contributed by atoms with E-state index in [1.54, 1.807) is 0 Å². The average molecular weight is 292 g/mol. The SMILES string of the molecule is CC(Br)CCN(C)CCOCC(F)(F)F. The van der Waals surface area contributed by atoms with Crippen molar-refractivity contribution in [2.45, 2.75) is 24.3 Å². The maximum Gasteiger partial charge on any atom is 0.411 e. The summed E-state index contributed by atoms with van der Waals surface area (Å²) < 4.78 is 39.6. The first-order chi connectivity index (χ1) is 6.81. The molecule has 0 spiro atoms. The van der Waals surface area contributed by atoms with E-state index < -0.39 is 12.8 Å². The lowest BCUT2D eigenvalue weighted by Crippen LogP contribution is -2.27. The smallest absolute Gasteiger partial charge is 0.371 e. The van der Waals surface area contributed by atoms with Gasteiger partial charge in [0.25, 0.3) is 0 Å². The molecule has 0 N–H and O–H groups in total. The fourth-order valence-electron chi connectivity index (χ4n) is 0.918. The van der Waals surface area contributed by atoms with Gasteiger partial charge in [0.15, 0.2) is 0 Å². The predicted octanol–water partition coefficient (Wildman–Crippen LogP) is 2.67. The van der Waals surface area contributed by atoms with Crippen LogP contribution < -0.4 is 0 Å². The molecule has 0 rings (SSSR count). The van der Waals surface area contributed by atoms with Crippen molar-refractivity contribution in [3.8, 4) is 0 Å². The van der Waals surface area contributed by atoms with Crippen LogP contribution in [0.1, 0.15) is 13.3 Å². The molecule has 0 fully saturated rings. The molecule has 0 aliphatic carbocycles. The number of rotatable bonds is 7. The third kappa shape index (κ3) is 12.1. The molecule has 15 heavy (non-hydrogen) atoms. The van der Waals surface area contributed by atoms with E-state index in [0.29, 0.717) is 11.4 Å². The summed E-state index contributed by atoms with van der Waals surface area (Å²) in [5, 5.41) is 0. The second-order valence-corrected chi connectivity index (χ2v) is 5.10. The van der Waals surface area contributed by atoms with Gasteiger partial charge in [-0.25, -0.2) is 0 Å². The summed E-state index contributed by atoms with van der Waals surface area (Å²) in [6.07, 6.45) is -3.25. The lowest BCUT2D eigenvalue weighted by molar-refractivity contribution is -0.174. The van der Waals surface area contributed by atoms with Gasteiger partial charge in [-0.05, 0) is 20.0 Å². The van der Waals surface area contributed by atoms with E-state index in [1.807, 2.05) is 18.9 Å². The highest BCUT2D eigenvalue weighted by atomic mass is 79.9. The molecule has 0 aromatic carbocycles. The highest BCUT2D eigenvalue weighted by molar-refractivity contribution is 9.09. The predicted molar refractivity (Wildman–Crippen MR) is 57.4 cm³/mol. The van der Waals surface area contributed by atoms with Crippen molar-refractivity contribution >= 4 is 15.9 Å². The number of likely N-dealkylation sites (N-methyl/N-ethyl adjacent to an activating group) is 1. The van der Waals surface area contributed by atoms with Gasteiger partial charge in [-0.3, -0.25) is 0 Å². The van der Waals surface area contributed by atoms with Crippen molar-refractivity contribution in [2.24, 2.45) is 0 Å². The number of hydrogen-bond donors (Lipinski definition) is 0. The van der Waals surface area contributed by atoms with Gasteiger partial charge in [0, 0.05) is 11.4 Å². The maximum absolute atomic E-state index is 11.7. The van der Waals surface area contributed by atoms with Gasteiger partial charge in [-0.2, -0.15) is 13.2 Å². The van der Waals surface area contributed by atoms with Gasteiger partial charge >= 0.3 is 6.18 Å². The molecule has 0 heterocycles. The molecule has 1 atom stereocenters. The van der Waals surface area contributed by atoms with Gasteiger partial charge in [0.05, 0.1) is 6.61 Å². The Morgan fingerprint density at radius 1 is 1.33 bits per heavy atom. The number of ether oxygens (including phenoxy) is 1. The van der Waals surface area contributed by atoms with Crippen molar-refractivity contribution in [2.75, 3.05) is 33.4 Å². The van der Waals surface area contributed by atoms with E-state index in [0.717, 1.165) is 13.0 Å². The van der Waals surface area contributed by atoms with Gasteiger partial charge in [0.1, 0.15) is 6.61 Å². The van der Waals surface area contributed by atoms with Gasteiger partial charge in [0.2, 0.25) is 0 Å². The van der Waals surface area contributed by atoms with E-state index in [9.17, 15) is 13.2 Å². The highest BCUT2D eigenvalue weighted by Crippen LogP contribution is 2.14. The fraction of sp³-hybridized carbons (Fsp3) is 1.00. The van der Waals surface area contributed by atoms with Crippen molar-refractivity contribution in [1.29, 1.82) is 0 Å². The number of halogens is 4. The van der Waals surface area contributed by atoms with Crippen LogP contribution in [0.2, 0.25) is 0 Å². The number of nitrogens with zero attached hydrogens (tertiary/aromatic N) is 1. The second-order valence-electron chi connectivity index (χ2n) is 3.54. The Labute approximate surface area is 96.9 Å². The lowest BCUT2D eigenvalue weighted by Gasteiger charge is -2.17. The third-order valence-electron chi connectivity index (χ3n) is 1.79. The zero-order valence-corrected chi connectivity index (χ0v) is 10.6. The fourth-order valence-corrected chi connectivity index (χ4v) is 1.12. The quantitative estimate of drug-likeness (QED) is 0.528. The van der Waals surface area contributed by atoms with Gasteiger partial charge in [-0.1, -0.05) is 22.9 Å². The first kappa shape index (κ1) is 15.2. The molecule has 0 aliphatic rings. The minimum absolute atomic E-state index is 0.118. The summed E-state index contributed by atoms with van der Waals surface area (Å²) in [4.78, 5) is 2.38. The second kappa shape index (κ2) is 7.46. The van der Waals surface area contributed by atoms with Crippen molar-refractivity contribution in [3.05, 3.63) is 0 Å². The Balaban J connectivity index is 3.35. The zero-order valence-electron chi connectivity index (χ0n) is 8.98. The van der Waals surface area contributed by atoms with Crippen LogP contribution in [-0.4, -0.2) is 49.3 Å². The molecule has 0 aliphatic heterocycles. The van der Waals surface area contributed by atoms with Crippen LogP contribution in [0.25, 0.3) is 0 Å². The Bertz CT molecular complexity index is 164. The van der Waals surface area contributed by atoms with E-state index in [1.165, 1.54) is 0 Å². The summed E-state index contributed by atoms with van der Waals surface area (Å²) in [7, 11) is 1.87. The lowest BCUT2D eigenvalue weighted by atomic mass is 10.3. The first-order valence-electron chi connectivity index (χ1n) is 4.78. The third-order valence-corrected chi connectivity index (χ3v) is 2.25. The standard InChI is InChI=1S/C9H17BrF3NO/c1-8(10)3-4-14(2)5-6-15-7-9(11,12)13/h8H,3-7H2,1-2H3. The number of alkyl halides is 4. The minimum atomic E-state index is -4.22. The largest absolute Gasteiger partial charge is 0.411 e. The Morgan fingerprint density at radius 2 is 1.93 bits per heavy atom. The van der Waals surface area contributed by atoms with Crippen LogP contribution in [0.4, 0.5) is 13.2 Å². The minimum Gasteiger partial charge on any atom is -0.371 e. The van der Waals surface area contributed by atoms with Crippen molar-refractivity contribution < 1.29 is 17.9 Å². The summed E-state index contributed by atoms with van der Waals surface area (Å²) in [6.45, 7) is 2.37. The Hall–Kier alpha value is 0.190. The van der Waals surface area contributed by atoms with Gasteiger partial charge < -0.3 is 9.64 Å². The molecule has 1 unspecified atom stereocenters. The zero-order chi connectivity index (χ0) is 11.9. The van der Waals surface area contributed by atoms with Crippen LogP contribution in [0, 0.1) is 0 Å². The molecular weight excluding hydrogens is 275 g/mol. The molecule has 0 bridgehead atoms. The molecule has 0 amide bonds. The van der Waals surface area contributed by atoms with E-state index in [-0.39, 0.29) is 6.61 Å². The summed E-state index contributed by atoms with van der Waals surface area (Å²) in [5.41, 5.74) is 0. The van der Waals surface area contributed by atoms with Crippen molar-refractivity contribution in [3.63, 3.8) is 0 Å². The summed E-state index contributed by atoms with van der Waals surface area (Å²) in [5.74, 6) is 0. The molecule has 0 aromatic rings. The molecule has 0 radical (unpaired) electrons. The first-order valence-corrected chi connectivity index (χ1v) is 5.70. The van der Waals surface area contributed by atoms with Crippen LogP contribution in [0.5, 0.6) is 0 Å². The van der Waals surface area contributed by atoms with Crippen molar-refractivity contribution in [1.82, 2.24) is 4.90 Å². The normalized spacial score (nSPS) is 14.6. The molecule has 0 saturated carbocycles. The van der Waals surface area contributed by atoms with Crippen LogP contribution in [0.3, 0.4) is 0 Å². The maximum atomic E-state index is 11.7. The van der Waals surface area contributed by atoms with E-state index >= 15 is 0 Å². The monoisotopic (exact) mass is 291 g/mol. The van der Waals surface area contributed by atoms with E-state index in [4.69, 9.17) is 0 Å². The molecule has 6 heteroatoms. The molecule has 92 valence electrons. The topological polar surface area (TPSA) is 12.5 Å². The van der Waals surface area contributed by atoms with E-state index in [2.05, 4.69) is 20.7 Å². The molecule has 0 aromatic heterocycles. The molecule has 2 nitrogen and oxygen atoms in total. The molecular formula is C9H17BrF3NO. The Kier molecular flexibility index (Phi) is 7.56. The van der Waals surface area contributed by atoms with Crippen LogP contribution >= 0.6 is 15.9 Å². The highest BCUT2D eigenvalue weighted by Gasteiger charge is 2.27. The summed E-state index contributed by atoms with van der Waals surface area (Å²) in [6, 6.07) is 0. The molecule has 0 saturated heterocycles. The van der Waals surface area contributed by atoms with Crippen LogP contribution in [-0.2, 0) is 4.74 Å². The Morgan fingerprint density at radius 3 is 2.40 bits per heavy atom. The summed E-state index contributed by atoms with van der Waals surface area (Å²) >= 11 is 3.40. The number of hydrogen-bond acceptors (Lipinski definition) is 2.